The molecule has 29 heavy (non-hydrogen) atoms. The third kappa shape index (κ3) is 4.15. The maximum absolute atomic E-state index is 13.2. The predicted octanol–water partition coefficient (Wildman–Crippen LogP) is 2.64. The summed E-state index contributed by atoms with van der Waals surface area (Å²) in [6, 6.07) is 17.2. The second-order valence-corrected chi connectivity index (χ2v) is 7.54. The smallest absolute Gasteiger partial charge is 0.256 e. The Kier molecular flexibility index (Phi) is 5.59. The molecule has 0 bridgehead atoms. The fraction of sp³-hybridized carbons (Fsp3) is 0.348. The summed E-state index contributed by atoms with van der Waals surface area (Å²) >= 11 is 0. The van der Waals surface area contributed by atoms with Crippen molar-refractivity contribution in [1.82, 2.24) is 9.80 Å². The number of hydrogen-bond acceptors (Lipinski definition) is 4. The van der Waals surface area contributed by atoms with Crippen LogP contribution in [0.4, 0.5) is 5.69 Å². The molecule has 2 aromatic rings. The molecule has 0 aromatic heterocycles. The van der Waals surface area contributed by atoms with Crippen molar-refractivity contribution in [2.24, 2.45) is 0 Å². The van der Waals surface area contributed by atoms with Crippen LogP contribution < -0.4 is 4.90 Å². The fourth-order valence-corrected chi connectivity index (χ4v) is 4.02. The highest BCUT2D eigenvalue weighted by molar-refractivity contribution is 6.05. The number of para-hydroxylation sites is 1. The van der Waals surface area contributed by atoms with Crippen molar-refractivity contribution >= 4 is 17.5 Å². The lowest BCUT2D eigenvalue weighted by molar-refractivity contribution is -0.117. The highest BCUT2D eigenvalue weighted by Crippen LogP contribution is 2.27. The second kappa shape index (κ2) is 8.46. The maximum atomic E-state index is 13.2. The number of carbonyl (C=O) groups is 2. The molecule has 0 radical (unpaired) electrons. The van der Waals surface area contributed by atoms with Crippen LogP contribution in [0.3, 0.4) is 0 Å². The Morgan fingerprint density at radius 2 is 1.69 bits per heavy atom. The van der Waals surface area contributed by atoms with E-state index in [1.54, 1.807) is 4.90 Å². The molecule has 2 aromatic carbocycles. The van der Waals surface area contributed by atoms with Crippen LogP contribution >= 0.6 is 0 Å². The quantitative estimate of drug-likeness (QED) is 0.808. The van der Waals surface area contributed by atoms with Crippen molar-refractivity contribution in [1.29, 1.82) is 5.26 Å². The molecule has 148 valence electrons. The van der Waals surface area contributed by atoms with Crippen molar-refractivity contribution in [3.8, 4) is 6.07 Å². The first-order chi connectivity index (χ1) is 14.2. The van der Waals surface area contributed by atoms with Gasteiger partial charge in [0.1, 0.15) is 0 Å². The van der Waals surface area contributed by atoms with Crippen molar-refractivity contribution in [2.75, 3.05) is 37.6 Å². The Morgan fingerprint density at radius 3 is 2.34 bits per heavy atom. The molecule has 2 aliphatic rings. The molecule has 0 atom stereocenters. The molecule has 2 fully saturated rings. The molecule has 0 spiro atoms. The Balaban J connectivity index is 1.39. The van der Waals surface area contributed by atoms with Gasteiger partial charge in [-0.2, -0.15) is 5.26 Å². The van der Waals surface area contributed by atoms with Crippen LogP contribution in [0, 0.1) is 11.3 Å². The molecule has 0 unspecified atom stereocenters. The molecule has 0 saturated carbocycles. The molecule has 2 aliphatic heterocycles. The minimum absolute atomic E-state index is 0.00155. The maximum Gasteiger partial charge on any atom is 0.256 e. The SMILES string of the molecule is N#Cc1ccc(CN2CCN(C(=O)c3ccccc3N3CCCC3=O)CC2)cc1. The van der Waals surface area contributed by atoms with E-state index in [1.807, 2.05) is 53.4 Å². The zero-order valence-electron chi connectivity index (χ0n) is 16.4. The van der Waals surface area contributed by atoms with Crippen LogP contribution in [-0.2, 0) is 11.3 Å². The molecule has 0 N–H and O–H groups in total. The van der Waals surface area contributed by atoms with Crippen LogP contribution in [-0.4, -0.2) is 54.3 Å². The van der Waals surface area contributed by atoms with Gasteiger partial charge in [-0.1, -0.05) is 24.3 Å². The molecular weight excluding hydrogens is 364 g/mol. The van der Waals surface area contributed by atoms with Gasteiger partial charge in [0.2, 0.25) is 5.91 Å². The summed E-state index contributed by atoms with van der Waals surface area (Å²) in [5.41, 5.74) is 3.18. The van der Waals surface area contributed by atoms with Gasteiger partial charge < -0.3 is 9.80 Å². The summed E-state index contributed by atoms with van der Waals surface area (Å²) in [7, 11) is 0. The third-order valence-corrected chi connectivity index (χ3v) is 5.65. The number of rotatable bonds is 4. The Labute approximate surface area is 170 Å². The van der Waals surface area contributed by atoms with E-state index >= 15 is 0 Å². The van der Waals surface area contributed by atoms with E-state index in [-0.39, 0.29) is 11.8 Å². The van der Waals surface area contributed by atoms with E-state index in [1.165, 1.54) is 5.56 Å². The minimum atomic E-state index is -0.00155. The number of hydrogen-bond donors (Lipinski definition) is 0. The van der Waals surface area contributed by atoms with E-state index in [0.717, 1.165) is 31.7 Å². The number of anilines is 1. The summed E-state index contributed by atoms with van der Waals surface area (Å²) in [5, 5.41) is 8.91. The molecule has 6 heteroatoms. The molecule has 4 rings (SSSR count). The zero-order chi connectivity index (χ0) is 20.2. The lowest BCUT2D eigenvalue weighted by Gasteiger charge is -2.35. The van der Waals surface area contributed by atoms with Crippen LogP contribution in [0.5, 0.6) is 0 Å². The van der Waals surface area contributed by atoms with Crippen LogP contribution in [0.1, 0.15) is 34.3 Å². The molecular formula is C23H24N4O2. The van der Waals surface area contributed by atoms with Gasteiger partial charge in [0.15, 0.2) is 0 Å². The Hall–Kier alpha value is -3.17. The van der Waals surface area contributed by atoms with Crippen LogP contribution in [0.15, 0.2) is 48.5 Å². The molecule has 0 aliphatic carbocycles. The standard InChI is InChI=1S/C23H24N4O2/c24-16-18-7-9-19(10-8-18)17-25-12-14-26(15-13-25)23(29)20-4-1-2-5-21(20)27-11-3-6-22(27)28/h1-2,4-5,7-10H,3,6,11-15,17H2. The summed E-state index contributed by atoms with van der Waals surface area (Å²) in [4.78, 5) is 31.3. The van der Waals surface area contributed by atoms with Crippen molar-refractivity contribution in [3.63, 3.8) is 0 Å². The van der Waals surface area contributed by atoms with Crippen molar-refractivity contribution in [2.45, 2.75) is 19.4 Å². The summed E-state index contributed by atoms with van der Waals surface area (Å²) in [6.07, 6.45) is 1.39. The minimum Gasteiger partial charge on any atom is -0.336 e. The van der Waals surface area contributed by atoms with Crippen molar-refractivity contribution < 1.29 is 9.59 Å². The lowest BCUT2D eigenvalue weighted by Crippen LogP contribution is -2.48. The monoisotopic (exact) mass is 388 g/mol. The van der Waals surface area contributed by atoms with Gasteiger partial charge in [0, 0.05) is 45.7 Å². The average Bonchev–Trinajstić information content (AvgIpc) is 3.20. The number of carbonyl (C=O) groups excluding carboxylic acids is 2. The second-order valence-electron chi connectivity index (χ2n) is 7.54. The first-order valence-electron chi connectivity index (χ1n) is 10.1. The average molecular weight is 388 g/mol. The predicted molar refractivity (Wildman–Crippen MR) is 110 cm³/mol. The van der Waals surface area contributed by atoms with E-state index in [9.17, 15) is 9.59 Å². The van der Waals surface area contributed by atoms with Crippen LogP contribution in [0.25, 0.3) is 0 Å². The number of benzene rings is 2. The number of amides is 2. The van der Waals surface area contributed by atoms with Gasteiger partial charge in [-0.05, 0) is 36.2 Å². The van der Waals surface area contributed by atoms with Gasteiger partial charge in [-0.3, -0.25) is 14.5 Å². The molecule has 6 nitrogen and oxygen atoms in total. The van der Waals surface area contributed by atoms with E-state index in [0.29, 0.717) is 37.2 Å². The normalized spacial score (nSPS) is 17.4. The first-order valence-corrected chi connectivity index (χ1v) is 10.1. The highest BCUT2D eigenvalue weighted by atomic mass is 16.2. The van der Waals surface area contributed by atoms with E-state index in [4.69, 9.17) is 5.26 Å². The molecule has 2 saturated heterocycles. The first kappa shape index (κ1) is 19.2. The third-order valence-electron chi connectivity index (χ3n) is 5.65. The highest BCUT2D eigenvalue weighted by Gasteiger charge is 2.28. The summed E-state index contributed by atoms with van der Waals surface area (Å²) in [5.74, 6) is 0.0933. The largest absolute Gasteiger partial charge is 0.336 e. The fourth-order valence-electron chi connectivity index (χ4n) is 4.02. The molecule has 2 amide bonds. The number of piperazine rings is 1. The van der Waals surface area contributed by atoms with Gasteiger partial charge in [0.25, 0.3) is 5.91 Å². The Bertz CT molecular complexity index is 940. The Morgan fingerprint density at radius 1 is 0.966 bits per heavy atom. The van der Waals surface area contributed by atoms with Gasteiger partial charge in [-0.15, -0.1) is 0 Å². The van der Waals surface area contributed by atoms with E-state index in [2.05, 4.69) is 11.0 Å². The van der Waals surface area contributed by atoms with Gasteiger partial charge >= 0.3 is 0 Å². The topological polar surface area (TPSA) is 67.7 Å². The molecule has 2 heterocycles. The van der Waals surface area contributed by atoms with Gasteiger partial charge in [-0.25, -0.2) is 0 Å². The van der Waals surface area contributed by atoms with E-state index < -0.39 is 0 Å². The van der Waals surface area contributed by atoms with Crippen molar-refractivity contribution in [3.05, 3.63) is 65.2 Å². The van der Waals surface area contributed by atoms with Gasteiger partial charge in [0.05, 0.1) is 22.9 Å². The number of nitriles is 1. The summed E-state index contributed by atoms with van der Waals surface area (Å²) in [6.45, 7) is 4.43. The zero-order valence-corrected chi connectivity index (χ0v) is 16.4. The summed E-state index contributed by atoms with van der Waals surface area (Å²) < 4.78 is 0. The lowest BCUT2D eigenvalue weighted by atomic mass is 10.1. The number of nitrogens with zero attached hydrogens (tertiary/aromatic N) is 4. The van der Waals surface area contributed by atoms with Crippen LogP contribution in [0.2, 0.25) is 0 Å².